The minimum Gasteiger partial charge on any atom is -0.372 e. The molecule has 0 aromatic heterocycles. The molecule has 2 rings (SSSR count). The Morgan fingerprint density at radius 3 is 2.85 bits per heavy atom. The molecule has 0 amide bonds. The first-order chi connectivity index (χ1) is 5.77. The fraction of sp³-hybridized carbons (Fsp3) is 0.333. The Bertz CT molecular complexity index is 264. The van der Waals surface area contributed by atoms with E-state index >= 15 is 0 Å². The van der Waals surface area contributed by atoms with Crippen LogP contribution in [-0.4, -0.2) is 17.4 Å². The zero-order valence-corrected chi connectivity index (χ0v) is 7.92. The summed E-state index contributed by atoms with van der Waals surface area (Å²) in [5.41, 5.74) is 7.85. The van der Waals surface area contributed by atoms with Crippen molar-refractivity contribution in [1.29, 1.82) is 0 Å². The van der Waals surface area contributed by atoms with Crippen LogP contribution >= 0.6 is 12.4 Å². The summed E-state index contributed by atoms with van der Waals surface area (Å²) in [4.78, 5) is 0. The van der Waals surface area contributed by atoms with Gasteiger partial charge in [0.05, 0.1) is 6.04 Å². The quantitative estimate of drug-likeness (QED) is 0.579. The van der Waals surface area contributed by atoms with Gasteiger partial charge in [-0.3, -0.25) is 0 Å². The number of fused-ring (bicyclic) bond motifs is 1. The Morgan fingerprint density at radius 2 is 2.08 bits per heavy atom. The molecule has 0 fully saturated rings. The number of aliphatic hydroxyl groups excluding tert-OH is 1. The van der Waals surface area contributed by atoms with Crippen molar-refractivity contribution in [2.24, 2.45) is 5.73 Å². The Morgan fingerprint density at radius 1 is 1.38 bits per heavy atom. The molecule has 0 saturated carbocycles. The van der Waals surface area contributed by atoms with Crippen LogP contribution in [0.1, 0.15) is 5.56 Å². The smallest absolute Gasteiger partial charge is 0.140 e. The van der Waals surface area contributed by atoms with Crippen LogP contribution in [0.3, 0.4) is 0 Å². The van der Waals surface area contributed by atoms with Gasteiger partial charge >= 0.3 is 0 Å². The van der Waals surface area contributed by atoms with E-state index in [2.05, 4.69) is 5.32 Å². The van der Waals surface area contributed by atoms with Crippen LogP contribution in [0.2, 0.25) is 0 Å². The van der Waals surface area contributed by atoms with E-state index in [1.807, 2.05) is 24.3 Å². The molecule has 0 radical (unpaired) electrons. The highest BCUT2D eigenvalue weighted by molar-refractivity contribution is 5.85. The normalized spacial score (nSPS) is 25.4. The van der Waals surface area contributed by atoms with Crippen molar-refractivity contribution in [2.45, 2.75) is 18.7 Å². The first kappa shape index (κ1) is 10.3. The van der Waals surface area contributed by atoms with Gasteiger partial charge in [-0.1, -0.05) is 18.2 Å². The molecule has 1 aliphatic heterocycles. The fourth-order valence-electron chi connectivity index (χ4n) is 1.47. The number of nitrogens with one attached hydrogen (secondary N) is 1. The predicted octanol–water partition coefficient (Wildman–Crippen LogP) is 0.722. The van der Waals surface area contributed by atoms with E-state index in [-0.39, 0.29) is 18.4 Å². The lowest BCUT2D eigenvalue weighted by Crippen LogP contribution is -2.44. The lowest BCUT2D eigenvalue weighted by Gasteiger charge is -2.28. The molecular formula is C9H13ClN2O. The van der Waals surface area contributed by atoms with E-state index in [1.165, 1.54) is 5.56 Å². The maximum absolute atomic E-state index is 9.39. The molecule has 4 heteroatoms. The van der Waals surface area contributed by atoms with Crippen LogP contribution in [-0.2, 0) is 6.42 Å². The van der Waals surface area contributed by atoms with Crippen LogP contribution < -0.4 is 11.1 Å². The summed E-state index contributed by atoms with van der Waals surface area (Å²) in [6, 6.07) is 7.69. The summed E-state index contributed by atoms with van der Waals surface area (Å²) < 4.78 is 0. The molecule has 2 unspecified atom stereocenters. The minimum atomic E-state index is -0.611. The van der Waals surface area contributed by atoms with Gasteiger partial charge in [0, 0.05) is 5.69 Å². The van der Waals surface area contributed by atoms with Gasteiger partial charge in [0.1, 0.15) is 6.23 Å². The van der Waals surface area contributed by atoms with Crippen molar-refractivity contribution >= 4 is 18.1 Å². The van der Waals surface area contributed by atoms with Gasteiger partial charge in [-0.05, 0) is 18.1 Å². The lowest BCUT2D eigenvalue weighted by molar-refractivity contribution is 0.167. The number of rotatable bonds is 0. The van der Waals surface area contributed by atoms with E-state index in [0.29, 0.717) is 0 Å². The molecule has 72 valence electrons. The maximum Gasteiger partial charge on any atom is 0.140 e. The van der Waals surface area contributed by atoms with Gasteiger partial charge in [0.15, 0.2) is 0 Å². The van der Waals surface area contributed by atoms with Crippen molar-refractivity contribution in [3.05, 3.63) is 29.8 Å². The first-order valence-corrected chi connectivity index (χ1v) is 4.05. The number of para-hydroxylation sites is 1. The van der Waals surface area contributed by atoms with Crippen molar-refractivity contribution in [2.75, 3.05) is 5.32 Å². The Labute approximate surface area is 83.4 Å². The zero-order chi connectivity index (χ0) is 8.55. The van der Waals surface area contributed by atoms with Crippen molar-refractivity contribution < 1.29 is 5.11 Å². The fourth-order valence-corrected chi connectivity index (χ4v) is 1.47. The number of hydrogen-bond donors (Lipinski definition) is 3. The molecule has 0 aliphatic carbocycles. The molecule has 0 saturated heterocycles. The molecular weight excluding hydrogens is 188 g/mol. The second kappa shape index (κ2) is 3.96. The highest BCUT2D eigenvalue weighted by atomic mass is 35.5. The summed E-state index contributed by atoms with van der Waals surface area (Å²) in [5, 5.41) is 12.3. The third-order valence-corrected chi connectivity index (χ3v) is 2.18. The molecule has 4 N–H and O–H groups in total. The number of nitrogens with two attached hydrogens (primary N) is 1. The number of halogens is 1. The Balaban J connectivity index is 0.000000845. The third-order valence-electron chi connectivity index (χ3n) is 2.18. The Kier molecular flexibility index (Phi) is 3.14. The molecule has 1 heterocycles. The molecule has 0 spiro atoms. The number of anilines is 1. The summed E-state index contributed by atoms with van der Waals surface area (Å²) in [6.45, 7) is 0. The van der Waals surface area contributed by atoms with Gasteiger partial charge in [-0.25, -0.2) is 0 Å². The highest BCUT2D eigenvalue weighted by Crippen LogP contribution is 2.22. The minimum absolute atomic E-state index is 0. The van der Waals surface area contributed by atoms with E-state index in [4.69, 9.17) is 5.73 Å². The van der Waals surface area contributed by atoms with Gasteiger partial charge in [0.25, 0.3) is 0 Å². The molecule has 1 aromatic rings. The monoisotopic (exact) mass is 200 g/mol. The van der Waals surface area contributed by atoms with Crippen LogP contribution in [0.15, 0.2) is 24.3 Å². The van der Waals surface area contributed by atoms with Crippen LogP contribution in [0.4, 0.5) is 5.69 Å². The SMILES string of the molecule is Cl.NC1Cc2ccccc2NC1O. The Hall–Kier alpha value is -0.770. The largest absolute Gasteiger partial charge is 0.372 e. The summed E-state index contributed by atoms with van der Waals surface area (Å²) >= 11 is 0. The average molecular weight is 201 g/mol. The summed E-state index contributed by atoms with van der Waals surface area (Å²) in [7, 11) is 0. The molecule has 2 atom stereocenters. The van der Waals surface area contributed by atoms with Crippen molar-refractivity contribution in [3.8, 4) is 0 Å². The second-order valence-electron chi connectivity index (χ2n) is 3.11. The third kappa shape index (κ3) is 1.94. The lowest BCUT2D eigenvalue weighted by atomic mass is 9.99. The van der Waals surface area contributed by atoms with Gasteiger partial charge in [-0.2, -0.15) is 0 Å². The first-order valence-electron chi connectivity index (χ1n) is 4.05. The van der Waals surface area contributed by atoms with Crippen molar-refractivity contribution in [3.63, 3.8) is 0 Å². The van der Waals surface area contributed by atoms with E-state index in [9.17, 15) is 5.11 Å². The molecule has 1 aromatic carbocycles. The highest BCUT2D eigenvalue weighted by Gasteiger charge is 2.21. The van der Waals surface area contributed by atoms with Crippen LogP contribution in [0, 0.1) is 0 Å². The standard InChI is InChI=1S/C9H12N2O.ClH/c10-7-5-6-3-1-2-4-8(6)11-9(7)12;/h1-4,7,9,11-12H,5,10H2;1H. The van der Waals surface area contributed by atoms with Crippen LogP contribution in [0.25, 0.3) is 0 Å². The van der Waals surface area contributed by atoms with Crippen molar-refractivity contribution in [1.82, 2.24) is 0 Å². The zero-order valence-electron chi connectivity index (χ0n) is 7.10. The summed E-state index contributed by atoms with van der Waals surface area (Å²) in [6.07, 6.45) is 0.129. The summed E-state index contributed by atoms with van der Waals surface area (Å²) in [5.74, 6) is 0. The molecule has 0 bridgehead atoms. The van der Waals surface area contributed by atoms with Crippen LogP contribution in [0.5, 0.6) is 0 Å². The molecule has 3 nitrogen and oxygen atoms in total. The molecule has 1 aliphatic rings. The number of aliphatic hydroxyl groups is 1. The van der Waals surface area contributed by atoms with E-state index in [1.54, 1.807) is 0 Å². The topological polar surface area (TPSA) is 58.3 Å². The number of benzene rings is 1. The predicted molar refractivity (Wildman–Crippen MR) is 55.0 cm³/mol. The number of hydrogen-bond acceptors (Lipinski definition) is 3. The maximum atomic E-state index is 9.39. The van der Waals surface area contributed by atoms with Gasteiger partial charge < -0.3 is 16.2 Å². The van der Waals surface area contributed by atoms with Gasteiger partial charge in [-0.15, -0.1) is 12.4 Å². The van der Waals surface area contributed by atoms with Gasteiger partial charge in [0.2, 0.25) is 0 Å². The molecule has 13 heavy (non-hydrogen) atoms. The van der Waals surface area contributed by atoms with E-state index in [0.717, 1.165) is 12.1 Å². The average Bonchev–Trinajstić information content (AvgIpc) is 2.07. The van der Waals surface area contributed by atoms with E-state index < -0.39 is 6.23 Å². The second-order valence-corrected chi connectivity index (χ2v) is 3.11.